The normalized spacial score (nSPS) is 13.0. The van der Waals surface area contributed by atoms with Gasteiger partial charge in [0.25, 0.3) is 0 Å². The van der Waals surface area contributed by atoms with E-state index in [0.717, 1.165) is 9.79 Å². The monoisotopic (exact) mass is 722 g/mol. The van der Waals surface area contributed by atoms with Crippen LogP contribution in [0.1, 0.15) is 15.9 Å². The molecule has 0 aliphatic rings. The third kappa shape index (κ3) is 11.1. The fraction of sp³-hybridized carbons (Fsp3) is 0. The summed E-state index contributed by atoms with van der Waals surface area (Å²) in [4.78, 5) is 18.3. The number of rotatable bonds is 7. The Labute approximate surface area is 271 Å². The molecule has 1 nitrogen and oxygen atoms in total. The largest absolute Gasteiger partial charge is 0.289 e. The van der Waals surface area contributed by atoms with Gasteiger partial charge in [0, 0.05) is 31.0 Å². The summed E-state index contributed by atoms with van der Waals surface area (Å²) in [6.45, 7) is 0. The summed E-state index contributed by atoms with van der Waals surface area (Å²) < 4.78 is 59.2. The molecule has 0 N–H and O–H groups in total. The van der Waals surface area contributed by atoms with Gasteiger partial charge in [-0.3, -0.25) is 4.79 Å². The van der Waals surface area contributed by atoms with E-state index in [1.54, 1.807) is 17.8 Å². The second kappa shape index (κ2) is 13.0. The number of carbonyl (C=O) groups excluding carboxylic acids is 1. The van der Waals surface area contributed by atoms with Gasteiger partial charge >= 0.3 is 33.0 Å². The Balaban J connectivity index is 0.000000566. The van der Waals surface area contributed by atoms with Crippen molar-refractivity contribution in [3.05, 3.63) is 148 Å². The van der Waals surface area contributed by atoms with E-state index in [1.165, 1.54) is 14.7 Å². The van der Waals surface area contributed by atoms with E-state index < -0.39 is 7.81 Å². The Morgan fingerprint density at radius 1 is 0.568 bits per heavy atom. The van der Waals surface area contributed by atoms with Gasteiger partial charge in [0.15, 0.2) is 20.5 Å². The van der Waals surface area contributed by atoms with Crippen LogP contribution in [-0.2, 0) is 10.9 Å². The number of halogens is 9. The van der Waals surface area contributed by atoms with Crippen molar-refractivity contribution >= 4 is 71.1 Å². The first-order valence-corrected chi connectivity index (χ1v) is 17.6. The van der Waals surface area contributed by atoms with Gasteiger partial charge in [-0.1, -0.05) is 76.9 Å². The average Bonchev–Trinajstić information content (AvgIpc) is 2.95. The molecule has 0 aliphatic heterocycles. The van der Waals surface area contributed by atoms with Crippen molar-refractivity contribution in [1.82, 2.24) is 0 Å². The van der Waals surface area contributed by atoms with E-state index >= 15 is 0 Å². The van der Waals surface area contributed by atoms with Crippen LogP contribution in [-0.4, -0.2) is 5.78 Å². The maximum atomic E-state index is 12.8. The number of ketones is 1. The van der Waals surface area contributed by atoms with Gasteiger partial charge in [0.2, 0.25) is 0 Å². The molecule has 5 aromatic carbocycles. The minimum atomic E-state index is -10.7. The third-order valence-corrected chi connectivity index (χ3v) is 9.86. The van der Waals surface area contributed by atoms with Crippen LogP contribution in [0.3, 0.4) is 0 Å². The van der Waals surface area contributed by atoms with E-state index in [1.807, 2.05) is 66.7 Å². The minimum Gasteiger partial charge on any atom is -0.289 e. The van der Waals surface area contributed by atoms with Crippen LogP contribution >= 0.6 is 54.4 Å². The predicted molar refractivity (Wildman–Crippen MR) is 171 cm³/mol. The van der Waals surface area contributed by atoms with Crippen LogP contribution in [0.25, 0.3) is 0 Å². The summed E-state index contributed by atoms with van der Waals surface area (Å²) in [6.07, 6.45) is 0. The Morgan fingerprint density at radius 2 is 1.00 bits per heavy atom. The Hall–Kier alpha value is -2.65. The number of hydrogen-bond donors (Lipinski definition) is 0. The Bertz CT molecular complexity index is 1700. The zero-order valence-electron chi connectivity index (χ0n) is 22.1. The predicted octanol–water partition coefficient (Wildman–Crippen LogP) is 13.5. The van der Waals surface area contributed by atoms with Crippen LogP contribution in [0.15, 0.2) is 146 Å². The molecule has 230 valence electrons. The van der Waals surface area contributed by atoms with Crippen molar-refractivity contribution in [2.45, 2.75) is 24.5 Å². The fourth-order valence-electron chi connectivity index (χ4n) is 3.80. The molecule has 0 aliphatic carbocycles. The van der Waals surface area contributed by atoms with Gasteiger partial charge in [-0.2, -0.15) is 0 Å². The molecular weight excluding hydrogens is 704 g/mol. The zero-order valence-corrected chi connectivity index (χ0v) is 26.9. The van der Waals surface area contributed by atoms with E-state index in [4.69, 9.17) is 34.8 Å². The molecule has 0 aromatic heterocycles. The second-order valence-corrected chi connectivity index (χ2v) is 15.4. The molecule has 0 amide bonds. The molecule has 5 aromatic rings. The number of hydrogen-bond acceptors (Lipinski definition) is 2. The molecule has 0 spiro atoms. The molecule has 0 heterocycles. The molecule has 5 rings (SSSR count). The summed E-state index contributed by atoms with van der Waals surface area (Å²) in [5, 5.41) is 1.98. The fourth-order valence-corrected chi connectivity index (χ4v) is 7.21. The summed E-state index contributed by atoms with van der Waals surface area (Å²) in [7, 11) is -11.0. The van der Waals surface area contributed by atoms with E-state index in [-0.39, 0.29) is 16.7 Å². The summed E-state index contributed by atoms with van der Waals surface area (Å²) in [6, 6.07) is 39.2. The summed E-state index contributed by atoms with van der Waals surface area (Å²) >= 11 is 20.5. The topological polar surface area (TPSA) is 17.1 Å². The molecular formula is C31H20Cl3F6OPS2. The van der Waals surface area contributed by atoms with Gasteiger partial charge < -0.3 is 0 Å². The average molecular weight is 724 g/mol. The van der Waals surface area contributed by atoms with Crippen LogP contribution in [0.4, 0.5) is 25.2 Å². The Morgan fingerprint density at radius 3 is 1.43 bits per heavy atom. The van der Waals surface area contributed by atoms with Crippen molar-refractivity contribution in [3.63, 3.8) is 0 Å². The first-order valence-electron chi connectivity index (χ1n) is 12.4. The van der Waals surface area contributed by atoms with Crippen molar-refractivity contribution in [2.24, 2.45) is 0 Å². The molecule has 0 unspecified atom stereocenters. The zero-order chi connectivity index (χ0) is 32.2. The van der Waals surface area contributed by atoms with Crippen molar-refractivity contribution < 1.29 is 30.0 Å². The summed E-state index contributed by atoms with van der Waals surface area (Å²) in [5.74, 6) is -0.0418. The molecule has 0 bridgehead atoms. The van der Waals surface area contributed by atoms with Crippen LogP contribution in [0.2, 0.25) is 15.1 Å². The van der Waals surface area contributed by atoms with Crippen LogP contribution in [0.5, 0.6) is 0 Å². The second-order valence-electron chi connectivity index (χ2n) is 9.09. The Kier molecular flexibility index (Phi) is 10.1. The molecule has 0 radical (unpaired) electrons. The van der Waals surface area contributed by atoms with E-state index in [2.05, 4.69) is 48.5 Å². The van der Waals surface area contributed by atoms with Gasteiger partial charge in [0.1, 0.15) is 0 Å². The van der Waals surface area contributed by atoms with Crippen molar-refractivity contribution in [3.8, 4) is 0 Å². The van der Waals surface area contributed by atoms with E-state index in [0.29, 0.717) is 26.2 Å². The van der Waals surface area contributed by atoms with Crippen LogP contribution in [0, 0.1) is 0 Å². The number of carbonyl (C=O) groups is 1. The third-order valence-electron chi connectivity index (χ3n) is 5.62. The maximum Gasteiger partial charge on any atom is 0.193 e. The minimum absolute atomic E-state index is 0.0418. The first kappa shape index (κ1) is 34.2. The quantitative estimate of drug-likeness (QED) is 0.0720. The molecule has 44 heavy (non-hydrogen) atoms. The smallest absolute Gasteiger partial charge is 0.193 e. The van der Waals surface area contributed by atoms with E-state index in [9.17, 15) is 30.0 Å². The number of benzene rings is 5. The first-order chi connectivity index (χ1) is 20.4. The van der Waals surface area contributed by atoms with Crippen LogP contribution < -0.4 is 0 Å². The van der Waals surface area contributed by atoms with Gasteiger partial charge in [-0.05, 0) is 91.0 Å². The van der Waals surface area contributed by atoms with Crippen molar-refractivity contribution in [1.29, 1.82) is 0 Å². The maximum absolute atomic E-state index is 12.8. The van der Waals surface area contributed by atoms with Gasteiger partial charge in [0.05, 0.1) is 15.9 Å². The molecule has 0 atom stereocenters. The molecule has 0 saturated heterocycles. The van der Waals surface area contributed by atoms with Gasteiger partial charge in [-0.15, -0.1) is 0 Å². The van der Waals surface area contributed by atoms with Gasteiger partial charge in [-0.25, -0.2) is 0 Å². The SMILES string of the molecule is F[P-](F)(F)(F)(F)F.O=C(c1ccccc1)c1ccc(Sc2ccc([S+](c3ccc(Cl)cc3)c3ccc(Cl)cc3)cc2)c(Cl)c1. The molecule has 13 heteroatoms. The summed E-state index contributed by atoms with van der Waals surface area (Å²) in [5.41, 5.74) is 1.22. The van der Waals surface area contributed by atoms with Crippen molar-refractivity contribution in [2.75, 3.05) is 0 Å². The molecule has 0 fully saturated rings. The molecule has 0 saturated carbocycles. The standard InChI is InChI=1S/C31H20Cl3OS2.F6P/c32-23-7-13-26(14-8-23)37(27-15-9-24(33)10-16-27)28-17-11-25(12-18-28)36-30-19-6-22(20-29(30)34)31(35)21-4-2-1-3-5-21;1-7(2,3,4,5)6/h1-20H;/q+1;-1.